The first-order chi connectivity index (χ1) is 22.5. The molecular weight excluding hydrogens is 625 g/mol. The van der Waals surface area contributed by atoms with Gasteiger partial charge in [0.15, 0.2) is 5.82 Å². The van der Waals surface area contributed by atoms with E-state index in [-0.39, 0.29) is 49.6 Å². The molecule has 0 N–H and O–H groups in total. The number of amides is 1. The largest absolute Gasteiger partial charge is 0.461 e. The maximum atomic E-state index is 16.7. The Bertz CT molecular complexity index is 1840. The number of rotatable bonds is 6. The first kappa shape index (κ1) is 32.6. The highest BCUT2D eigenvalue weighted by Gasteiger charge is 2.36. The zero-order chi connectivity index (χ0) is 33.3. The summed E-state index contributed by atoms with van der Waals surface area (Å²) in [4.78, 5) is 36.2. The summed E-state index contributed by atoms with van der Waals surface area (Å²) in [6, 6.07) is 10.6. The first-order valence-electron chi connectivity index (χ1n) is 15.6. The van der Waals surface area contributed by atoms with Gasteiger partial charge >= 0.3 is 12.1 Å². The number of benzene rings is 2. The smallest absolute Gasteiger partial charge is 0.410 e. The molecule has 0 bridgehead atoms. The highest BCUT2D eigenvalue weighted by atomic mass is 35.5. The van der Waals surface area contributed by atoms with Gasteiger partial charge in [-0.1, -0.05) is 41.9 Å². The molecule has 2 atom stereocenters. The summed E-state index contributed by atoms with van der Waals surface area (Å²) in [6.07, 6.45) is 0.879. The van der Waals surface area contributed by atoms with E-state index < -0.39 is 23.6 Å². The second kappa shape index (κ2) is 13.4. The van der Waals surface area contributed by atoms with Crippen molar-refractivity contribution in [2.45, 2.75) is 38.5 Å². The molecule has 4 aromatic rings. The Morgan fingerprint density at radius 1 is 1.15 bits per heavy atom. The Morgan fingerprint density at radius 3 is 2.68 bits per heavy atom. The molecule has 2 saturated heterocycles. The molecule has 2 aliphatic rings. The van der Waals surface area contributed by atoms with Crippen molar-refractivity contribution in [3.63, 3.8) is 0 Å². The number of hydrogen-bond donors (Lipinski definition) is 0. The van der Waals surface area contributed by atoms with E-state index in [9.17, 15) is 4.79 Å². The number of halogens is 2. The zero-order valence-electron chi connectivity index (χ0n) is 26.9. The van der Waals surface area contributed by atoms with Gasteiger partial charge in [-0.05, 0) is 39.3 Å². The van der Waals surface area contributed by atoms with E-state index in [4.69, 9.17) is 37.4 Å². The summed E-state index contributed by atoms with van der Waals surface area (Å²) in [5.74, 6) is -0.235. The normalized spacial score (nSPS) is 19.2. The minimum atomic E-state index is -0.683. The molecule has 2 aliphatic heterocycles. The molecule has 11 nitrogen and oxygen atoms in total. The van der Waals surface area contributed by atoms with Gasteiger partial charge in [0.25, 0.3) is 0 Å². The Labute approximate surface area is 278 Å². The van der Waals surface area contributed by atoms with Crippen LogP contribution in [0, 0.1) is 12.4 Å². The van der Waals surface area contributed by atoms with Crippen molar-refractivity contribution in [1.29, 1.82) is 0 Å². The van der Waals surface area contributed by atoms with Gasteiger partial charge in [-0.3, -0.25) is 9.88 Å². The van der Waals surface area contributed by atoms with Gasteiger partial charge in [0.1, 0.15) is 41.4 Å². The van der Waals surface area contributed by atoms with Crippen LogP contribution in [0.2, 0.25) is 5.02 Å². The number of ether oxygens (including phenoxy) is 3. The fraction of sp³-hybridized carbons (Fsp3) is 0.441. The third-order valence-electron chi connectivity index (χ3n) is 8.21. The van der Waals surface area contributed by atoms with Crippen LogP contribution in [-0.4, -0.2) is 108 Å². The molecule has 47 heavy (non-hydrogen) atoms. The van der Waals surface area contributed by atoms with Gasteiger partial charge in [-0.15, -0.1) is 0 Å². The molecule has 2 aromatic heterocycles. The van der Waals surface area contributed by atoms with Crippen LogP contribution in [0.5, 0.6) is 6.01 Å². The van der Waals surface area contributed by atoms with E-state index in [1.54, 1.807) is 44.0 Å². The molecule has 6 rings (SSSR count). The summed E-state index contributed by atoms with van der Waals surface area (Å²) < 4.78 is 34.3. The van der Waals surface area contributed by atoms with Gasteiger partial charge < -0.3 is 28.9 Å². The lowest BCUT2D eigenvalue weighted by Crippen LogP contribution is -2.57. The van der Waals surface area contributed by atoms with Crippen LogP contribution in [0.4, 0.5) is 15.0 Å². The van der Waals surface area contributed by atoms with E-state index in [0.717, 1.165) is 11.9 Å². The third-order valence-corrected chi connectivity index (χ3v) is 8.52. The lowest BCUT2D eigenvalue weighted by Gasteiger charge is -2.40. The minimum absolute atomic E-state index is 0.00682. The molecule has 0 radical (unpaired) electrons. The minimum Gasteiger partial charge on any atom is -0.461 e. The topological polar surface area (TPSA) is 97.5 Å². The Hall–Kier alpha value is -4.31. The number of pyridine rings is 1. The third kappa shape index (κ3) is 7.02. The molecule has 4 heterocycles. The lowest BCUT2D eigenvalue weighted by molar-refractivity contribution is -0.0416. The van der Waals surface area contributed by atoms with E-state index in [0.29, 0.717) is 46.9 Å². The van der Waals surface area contributed by atoms with Crippen LogP contribution in [0.15, 0.2) is 42.6 Å². The maximum absolute atomic E-state index is 16.7. The monoisotopic (exact) mass is 661 g/mol. The van der Waals surface area contributed by atoms with Crippen molar-refractivity contribution in [2.75, 3.05) is 64.4 Å². The van der Waals surface area contributed by atoms with E-state index in [1.807, 2.05) is 36.2 Å². The standard InChI is InChI=1S/C34H37ClFN7O4/c1-34(2,3)47-33(44)43-13-12-42(18-22(43)16-37-4)31-25-17-38-29(24-10-6-8-21-9-7-11-26(35)27(21)24)28(36)30(25)39-32(40-31)46-20-23-19-41(5)14-15-45-23/h6-11,17,22-23H,12-16,18-20H2,1-3,5H3/t22-,23?/m0/s1. The average Bonchev–Trinajstić information content (AvgIpc) is 3.03. The molecule has 13 heteroatoms. The van der Waals surface area contributed by atoms with Crippen LogP contribution in [-0.2, 0) is 9.47 Å². The highest BCUT2D eigenvalue weighted by molar-refractivity contribution is 6.36. The number of carbonyl (C=O) groups excluding carboxylic acids is 1. The van der Waals surface area contributed by atoms with Crippen LogP contribution in [0.3, 0.4) is 0 Å². The summed E-state index contributed by atoms with van der Waals surface area (Å²) in [7, 11) is 2.01. The Morgan fingerprint density at radius 2 is 1.94 bits per heavy atom. The number of fused-ring (bicyclic) bond motifs is 2. The van der Waals surface area contributed by atoms with Gasteiger partial charge in [0.2, 0.25) is 6.54 Å². The Kier molecular flexibility index (Phi) is 9.32. The number of morpholine rings is 1. The van der Waals surface area contributed by atoms with Crippen LogP contribution in [0.1, 0.15) is 20.8 Å². The second-order valence-corrected chi connectivity index (χ2v) is 13.2. The number of aromatic nitrogens is 3. The first-order valence-corrected chi connectivity index (χ1v) is 15.9. The van der Waals surface area contributed by atoms with Crippen molar-refractivity contribution in [2.24, 2.45) is 0 Å². The van der Waals surface area contributed by atoms with Crippen molar-refractivity contribution in [3.8, 4) is 17.3 Å². The molecule has 246 valence electrons. The summed E-state index contributed by atoms with van der Waals surface area (Å²) in [5, 5.41) is 2.41. The van der Waals surface area contributed by atoms with E-state index in [2.05, 4.69) is 19.7 Å². The van der Waals surface area contributed by atoms with Crippen molar-refractivity contribution < 1.29 is 23.4 Å². The molecule has 1 unspecified atom stereocenters. The number of nitrogens with zero attached hydrogens (tertiary/aromatic N) is 7. The van der Waals surface area contributed by atoms with Crippen LogP contribution < -0.4 is 9.64 Å². The number of piperazine rings is 1. The summed E-state index contributed by atoms with van der Waals surface area (Å²) in [6.45, 7) is 16.2. The average molecular weight is 662 g/mol. The molecule has 0 spiro atoms. The lowest BCUT2D eigenvalue weighted by atomic mass is 10.0. The van der Waals surface area contributed by atoms with E-state index >= 15 is 4.39 Å². The molecule has 0 aliphatic carbocycles. The number of hydrogen-bond acceptors (Lipinski definition) is 9. The fourth-order valence-electron chi connectivity index (χ4n) is 6.01. The number of carbonyl (C=O) groups is 1. The predicted molar refractivity (Wildman–Crippen MR) is 178 cm³/mol. The molecular formula is C34H37ClFN7O4. The molecule has 0 saturated carbocycles. The van der Waals surface area contributed by atoms with Gasteiger partial charge in [-0.2, -0.15) is 9.97 Å². The van der Waals surface area contributed by atoms with E-state index in [1.165, 1.54) is 0 Å². The van der Waals surface area contributed by atoms with Crippen molar-refractivity contribution in [1.82, 2.24) is 24.8 Å². The highest BCUT2D eigenvalue weighted by Crippen LogP contribution is 2.37. The van der Waals surface area contributed by atoms with Gasteiger partial charge in [0, 0.05) is 54.9 Å². The fourth-order valence-corrected chi connectivity index (χ4v) is 6.30. The Balaban J connectivity index is 1.41. The molecule has 2 aromatic carbocycles. The number of anilines is 1. The SMILES string of the molecule is [C-]#[N+]C[C@H]1CN(c2nc(OCC3CN(C)CCO3)nc3c(F)c(-c4cccc5cccc(Cl)c45)ncc23)CCN1C(=O)OC(C)(C)C. The molecule has 1 amide bonds. The second-order valence-electron chi connectivity index (χ2n) is 12.8. The van der Waals surface area contributed by atoms with Crippen molar-refractivity contribution in [3.05, 3.63) is 64.9 Å². The summed E-state index contributed by atoms with van der Waals surface area (Å²) >= 11 is 6.59. The van der Waals surface area contributed by atoms with Crippen molar-refractivity contribution >= 4 is 45.2 Å². The zero-order valence-corrected chi connectivity index (χ0v) is 27.6. The quantitative estimate of drug-likeness (QED) is 0.241. The van der Waals surface area contributed by atoms with Crippen LogP contribution >= 0.6 is 11.6 Å². The van der Waals surface area contributed by atoms with Gasteiger partial charge in [0.05, 0.1) is 12.0 Å². The maximum Gasteiger partial charge on any atom is 0.410 e. The number of likely N-dealkylation sites (N-methyl/N-ethyl adjacent to an activating group) is 1. The van der Waals surface area contributed by atoms with Crippen LogP contribution in [0.25, 0.3) is 37.8 Å². The predicted octanol–water partition coefficient (Wildman–Crippen LogP) is 5.69. The summed E-state index contributed by atoms with van der Waals surface area (Å²) in [5.41, 5.74) is -0.00327. The molecule has 2 fully saturated rings. The van der Waals surface area contributed by atoms with Gasteiger partial charge in [-0.25, -0.2) is 15.8 Å².